The predicted molar refractivity (Wildman–Crippen MR) is 94.6 cm³/mol. The molecule has 2 rings (SSSR count). The fourth-order valence-electron chi connectivity index (χ4n) is 1.89. The van der Waals surface area contributed by atoms with Gasteiger partial charge < -0.3 is 5.32 Å². The maximum absolute atomic E-state index is 12.6. The standard InChI is InChI=1S/C17H13BrF3N3O2/c18-13-6-4-11(5-7-13)10-22-24-16(26)9-15(25)23-14-3-1-2-12(8-14)17(19,20)21/h1-8,10H,9H2,(H,23,25)(H,24,26)/b22-10+. The summed E-state index contributed by atoms with van der Waals surface area (Å²) in [5, 5.41) is 5.95. The van der Waals surface area contributed by atoms with Crippen molar-refractivity contribution in [3.05, 3.63) is 64.1 Å². The smallest absolute Gasteiger partial charge is 0.326 e. The molecule has 0 atom stereocenters. The zero-order chi connectivity index (χ0) is 19.2. The summed E-state index contributed by atoms with van der Waals surface area (Å²) in [5.74, 6) is -1.44. The Labute approximate surface area is 155 Å². The number of benzene rings is 2. The van der Waals surface area contributed by atoms with Crippen LogP contribution in [0.15, 0.2) is 58.1 Å². The second-order valence-corrected chi connectivity index (χ2v) is 6.06. The van der Waals surface area contributed by atoms with E-state index in [1.165, 1.54) is 18.3 Å². The zero-order valence-corrected chi connectivity index (χ0v) is 14.8. The van der Waals surface area contributed by atoms with Gasteiger partial charge in [0, 0.05) is 10.2 Å². The highest BCUT2D eigenvalue weighted by atomic mass is 79.9. The summed E-state index contributed by atoms with van der Waals surface area (Å²) in [6, 6.07) is 11.3. The van der Waals surface area contributed by atoms with Gasteiger partial charge in [-0.05, 0) is 35.9 Å². The number of amides is 2. The number of carbonyl (C=O) groups excluding carboxylic acids is 2. The van der Waals surface area contributed by atoms with E-state index in [4.69, 9.17) is 0 Å². The first-order valence-corrected chi connectivity index (χ1v) is 8.08. The molecule has 0 bridgehead atoms. The van der Waals surface area contributed by atoms with Crippen molar-refractivity contribution in [1.82, 2.24) is 5.43 Å². The Morgan fingerprint density at radius 2 is 1.77 bits per heavy atom. The van der Waals surface area contributed by atoms with Gasteiger partial charge in [-0.3, -0.25) is 9.59 Å². The van der Waals surface area contributed by atoms with Crippen LogP contribution < -0.4 is 10.7 Å². The summed E-state index contributed by atoms with van der Waals surface area (Å²) < 4.78 is 38.8. The first-order chi connectivity index (χ1) is 12.2. The molecule has 0 radical (unpaired) electrons. The predicted octanol–water partition coefficient (Wildman–Crippen LogP) is 3.95. The van der Waals surface area contributed by atoms with Crippen LogP contribution >= 0.6 is 15.9 Å². The Morgan fingerprint density at radius 3 is 2.42 bits per heavy atom. The van der Waals surface area contributed by atoms with Crippen molar-refractivity contribution in [2.24, 2.45) is 5.10 Å². The van der Waals surface area contributed by atoms with E-state index < -0.39 is 30.0 Å². The van der Waals surface area contributed by atoms with E-state index in [1.807, 2.05) is 0 Å². The highest BCUT2D eigenvalue weighted by Crippen LogP contribution is 2.30. The van der Waals surface area contributed by atoms with Gasteiger partial charge in [-0.25, -0.2) is 5.43 Å². The third-order valence-corrected chi connectivity index (χ3v) is 3.60. The molecule has 0 aliphatic heterocycles. The van der Waals surface area contributed by atoms with Gasteiger partial charge in [-0.2, -0.15) is 18.3 Å². The minimum Gasteiger partial charge on any atom is -0.326 e. The minimum absolute atomic E-state index is 0.0454. The molecule has 0 aromatic heterocycles. The fraction of sp³-hybridized carbons (Fsp3) is 0.118. The topological polar surface area (TPSA) is 70.6 Å². The second kappa shape index (κ2) is 8.61. The molecule has 0 saturated heterocycles. The molecule has 0 aliphatic carbocycles. The molecule has 0 unspecified atom stereocenters. The number of nitrogens with one attached hydrogen (secondary N) is 2. The largest absolute Gasteiger partial charge is 0.416 e. The molecule has 2 aromatic carbocycles. The lowest BCUT2D eigenvalue weighted by atomic mass is 10.2. The van der Waals surface area contributed by atoms with Crippen LogP contribution in [0.5, 0.6) is 0 Å². The number of anilines is 1. The van der Waals surface area contributed by atoms with Crippen LogP contribution in [-0.2, 0) is 15.8 Å². The van der Waals surface area contributed by atoms with Crippen molar-refractivity contribution in [2.45, 2.75) is 12.6 Å². The van der Waals surface area contributed by atoms with E-state index in [1.54, 1.807) is 24.3 Å². The molecule has 26 heavy (non-hydrogen) atoms. The molecule has 2 N–H and O–H groups in total. The molecule has 0 saturated carbocycles. The number of hydrogen-bond donors (Lipinski definition) is 2. The van der Waals surface area contributed by atoms with Gasteiger partial charge in [0.1, 0.15) is 6.42 Å². The van der Waals surface area contributed by atoms with Crippen LogP contribution in [0.4, 0.5) is 18.9 Å². The molecule has 136 valence electrons. The molecule has 2 amide bonds. The molecule has 9 heteroatoms. The lowest BCUT2D eigenvalue weighted by Crippen LogP contribution is -2.24. The molecule has 0 heterocycles. The summed E-state index contributed by atoms with van der Waals surface area (Å²) >= 11 is 3.29. The van der Waals surface area contributed by atoms with E-state index in [-0.39, 0.29) is 5.69 Å². The van der Waals surface area contributed by atoms with Gasteiger partial charge in [-0.15, -0.1) is 0 Å². The summed E-state index contributed by atoms with van der Waals surface area (Å²) in [4.78, 5) is 23.4. The van der Waals surface area contributed by atoms with E-state index in [2.05, 4.69) is 31.8 Å². The van der Waals surface area contributed by atoms with Crippen LogP contribution in [0.1, 0.15) is 17.5 Å². The van der Waals surface area contributed by atoms with Gasteiger partial charge >= 0.3 is 6.18 Å². The molecule has 0 spiro atoms. The maximum Gasteiger partial charge on any atom is 0.416 e. The average molecular weight is 428 g/mol. The number of rotatable bonds is 5. The number of halogens is 4. The number of hydrogen-bond acceptors (Lipinski definition) is 3. The summed E-state index contributed by atoms with van der Waals surface area (Å²) in [6.07, 6.45) is -3.69. The molecule has 5 nitrogen and oxygen atoms in total. The number of hydrazone groups is 1. The normalized spacial score (nSPS) is 11.4. The molecular weight excluding hydrogens is 415 g/mol. The van der Waals surface area contributed by atoms with Crippen molar-refractivity contribution >= 4 is 39.6 Å². The van der Waals surface area contributed by atoms with Gasteiger partial charge in [-0.1, -0.05) is 34.1 Å². The third kappa shape index (κ3) is 6.32. The SMILES string of the molecule is O=C(CC(=O)Nc1cccc(C(F)(F)F)c1)N/N=C/c1ccc(Br)cc1. The monoisotopic (exact) mass is 427 g/mol. The number of nitrogens with zero attached hydrogens (tertiary/aromatic N) is 1. The Bertz CT molecular complexity index is 821. The van der Waals surface area contributed by atoms with E-state index in [0.717, 1.165) is 22.2 Å². The van der Waals surface area contributed by atoms with Crippen LogP contribution in [0.3, 0.4) is 0 Å². The van der Waals surface area contributed by atoms with Gasteiger partial charge in [0.05, 0.1) is 11.8 Å². The average Bonchev–Trinajstić information content (AvgIpc) is 2.56. The van der Waals surface area contributed by atoms with Crippen LogP contribution in [0.2, 0.25) is 0 Å². The minimum atomic E-state index is -4.51. The summed E-state index contributed by atoms with van der Waals surface area (Å²) in [6.45, 7) is 0. The third-order valence-electron chi connectivity index (χ3n) is 3.07. The second-order valence-electron chi connectivity index (χ2n) is 5.15. The van der Waals surface area contributed by atoms with Crippen LogP contribution in [0.25, 0.3) is 0 Å². The van der Waals surface area contributed by atoms with Crippen LogP contribution in [-0.4, -0.2) is 18.0 Å². The Hall–Kier alpha value is -2.68. The Balaban J connectivity index is 1.85. The highest BCUT2D eigenvalue weighted by molar-refractivity contribution is 9.10. The van der Waals surface area contributed by atoms with Gasteiger partial charge in [0.15, 0.2) is 0 Å². The quantitative estimate of drug-likeness (QED) is 0.430. The molecular formula is C17H13BrF3N3O2. The first-order valence-electron chi connectivity index (χ1n) is 7.28. The van der Waals surface area contributed by atoms with E-state index in [9.17, 15) is 22.8 Å². The lowest BCUT2D eigenvalue weighted by molar-refractivity contribution is -0.137. The van der Waals surface area contributed by atoms with E-state index >= 15 is 0 Å². The van der Waals surface area contributed by atoms with Crippen molar-refractivity contribution in [2.75, 3.05) is 5.32 Å². The number of alkyl halides is 3. The van der Waals surface area contributed by atoms with Crippen molar-refractivity contribution in [3.8, 4) is 0 Å². The van der Waals surface area contributed by atoms with Gasteiger partial charge in [0.25, 0.3) is 0 Å². The van der Waals surface area contributed by atoms with Crippen molar-refractivity contribution < 1.29 is 22.8 Å². The number of carbonyl (C=O) groups is 2. The lowest BCUT2D eigenvalue weighted by Gasteiger charge is -2.09. The van der Waals surface area contributed by atoms with Gasteiger partial charge in [0.2, 0.25) is 11.8 Å². The van der Waals surface area contributed by atoms with Crippen molar-refractivity contribution in [3.63, 3.8) is 0 Å². The Morgan fingerprint density at radius 1 is 1.08 bits per heavy atom. The van der Waals surface area contributed by atoms with Crippen molar-refractivity contribution in [1.29, 1.82) is 0 Å². The molecule has 0 aliphatic rings. The van der Waals surface area contributed by atoms with E-state index in [0.29, 0.717) is 0 Å². The maximum atomic E-state index is 12.6. The highest BCUT2D eigenvalue weighted by Gasteiger charge is 2.30. The summed E-state index contributed by atoms with van der Waals surface area (Å²) in [7, 11) is 0. The fourth-order valence-corrected chi connectivity index (χ4v) is 2.16. The first kappa shape index (κ1) is 19.6. The zero-order valence-electron chi connectivity index (χ0n) is 13.2. The van der Waals surface area contributed by atoms with Crippen LogP contribution in [0, 0.1) is 0 Å². The summed E-state index contributed by atoms with van der Waals surface area (Å²) in [5.41, 5.74) is 1.98. The molecule has 2 aromatic rings. The molecule has 0 fully saturated rings. The Kier molecular flexibility index (Phi) is 6.51.